The van der Waals surface area contributed by atoms with Crippen LogP contribution < -0.4 is 5.73 Å². The molecule has 0 saturated heterocycles. The van der Waals surface area contributed by atoms with Gasteiger partial charge in [0.2, 0.25) is 0 Å². The summed E-state index contributed by atoms with van der Waals surface area (Å²) in [6.07, 6.45) is 6.20. The fourth-order valence-electron chi connectivity index (χ4n) is 1.83. The zero-order valence-corrected chi connectivity index (χ0v) is 8.03. The van der Waals surface area contributed by atoms with Crippen LogP contribution in [0.5, 0.6) is 0 Å². The van der Waals surface area contributed by atoms with Crippen LogP contribution in [0.2, 0.25) is 0 Å². The summed E-state index contributed by atoms with van der Waals surface area (Å²) in [7, 11) is 0. The molecule has 0 spiro atoms. The third-order valence-electron chi connectivity index (χ3n) is 2.77. The predicted molar refractivity (Wildman–Crippen MR) is 50.0 cm³/mol. The van der Waals surface area contributed by atoms with E-state index in [0.29, 0.717) is 0 Å². The SMILES string of the molecule is CCCn1cnnc1C1(N)CCC1. The maximum absolute atomic E-state index is 6.18. The van der Waals surface area contributed by atoms with Crippen molar-refractivity contribution in [1.82, 2.24) is 14.8 Å². The molecule has 1 aliphatic carbocycles. The van der Waals surface area contributed by atoms with Crippen molar-refractivity contribution in [3.05, 3.63) is 12.2 Å². The molecule has 2 rings (SSSR count). The monoisotopic (exact) mass is 180 g/mol. The lowest BCUT2D eigenvalue weighted by Gasteiger charge is -2.36. The van der Waals surface area contributed by atoms with Gasteiger partial charge in [-0.05, 0) is 25.7 Å². The Hall–Kier alpha value is -0.900. The summed E-state index contributed by atoms with van der Waals surface area (Å²) in [6.45, 7) is 3.12. The van der Waals surface area contributed by atoms with E-state index < -0.39 is 0 Å². The summed E-state index contributed by atoms with van der Waals surface area (Å²) in [5, 5.41) is 8.04. The fourth-order valence-corrected chi connectivity index (χ4v) is 1.83. The van der Waals surface area contributed by atoms with E-state index in [0.717, 1.165) is 31.6 Å². The topological polar surface area (TPSA) is 56.7 Å². The lowest BCUT2D eigenvalue weighted by Crippen LogP contribution is -2.45. The number of nitrogens with zero attached hydrogens (tertiary/aromatic N) is 3. The quantitative estimate of drug-likeness (QED) is 0.755. The summed E-state index contributed by atoms with van der Waals surface area (Å²) >= 11 is 0. The molecule has 4 heteroatoms. The molecule has 1 aliphatic rings. The van der Waals surface area contributed by atoms with Gasteiger partial charge in [0.15, 0.2) is 5.82 Å². The van der Waals surface area contributed by atoms with Gasteiger partial charge in [0.1, 0.15) is 6.33 Å². The van der Waals surface area contributed by atoms with Crippen LogP contribution in [0.1, 0.15) is 38.4 Å². The largest absolute Gasteiger partial charge is 0.319 e. The van der Waals surface area contributed by atoms with Gasteiger partial charge in [0.05, 0.1) is 5.54 Å². The summed E-state index contributed by atoms with van der Waals surface area (Å²) in [5.41, 5.74) is 6.00. The Bertz CT molecular complexity index is 288. The van der Waals surface area contributed by atoms with Gasteiger partial charge >= 0.3 is 0 Å². The van der Waals surface area contributed by atoms with Crippen molar-refractivity contribution in [2.24, 2.45) is 5.73 Å². The zero-order chi connectivity index (χ0) is 9.31. The molecule has 72 valence electrons. The van der Waals surface area contributed by atoms with E-state index in [1.165, 1.54) is 6.42 Å². The first kappa shape index (κ1) is 8.69. The molecule has 0 unspecified atom stereocenters. The molecular formula is C9H16N4. The van der Waals surface area contributed by atoms with Gasteiger partial charge in [-0.15, -0.1) is 10.2 Å². The number of aromatic nitrogens is 3. The van der Waals surface area contributed by atoms with E-state index in [1.54, 1.807) is 6.33 Å². The third-order valence-corrected chi connectivity index (χ3v) is 2.77. The summed E-state index contributed by atoms with van der Waals surface area (Å²) < 4.78 is 2.08. The van der Waals surface area contributed by atoms with Gasteiger partial charge in [-0.1, -0.05) is 6.92 Å². The standard InChI is InChI=1S/C9H16N4/c1-2-6-13-7-11-12-8(13)9(10)4-3-5-9/h7H,2-6,10H2,1H3. The minimum atomic E-state index is -0.175. The minimum Gasteiger partial charge on any atom is -0.319 e. The normalized spacial score (nSPS) is 19.8. The number of hydrogen-bond donors (Lipinski definition) is 1. The third kappa shape index (κ3) is 1.35. The van der Waals surface area contributed by atoms with Crippen LogP contribution in [0.25, 0.3) is 0 Å². The van der Waals surface area contributed by atoms with Crippen LogP contribution in [0.15, 0.2) is 6.33 Å². The number of hydrogen-bond acceptors (Lipinski definition) is 3. The van der Waals surface area contributed by atoms with Crippen molar-refractivity contribution in [2.75, 3.05) is 0 Å². The highest BCUT2D eigenvalue weighted by Crippen LogP contribution is 2.37. The second-order valence-corrected chi connectivity index (χ2v) is 3.86. The van der Waals surface area contributed by atoms with E-state index in [2.05, 4.69) is 21.7 Å². The smallest absolute Gasteiger partial charge is 0.152 e. The van der Waals surface area contributed by atoms with Crippen molar-refractivity contribution in [1.29, 1.82) is 0 Å². The average Bonchev–Trinajstić information content (AvgIpc) is 2.49. The van der Waals surface area contributed by atoms with Gasteiger partial charge in [-0.25, -0.2) is 0 Å². The Morgan fingerprint density at radius 3 is 2.92 bits per heavy atom. The maximum atomic E-state index is 6.18. The fraction of sp³-hybridized carbons (Fsp3) is 0.778. The first-order valence-corrected chi connectivity index (χ1v) is 4.93. The Morgan fingerprint density at radius 2 is 2.38 bits per heavy atom. The van der Waals surface area contributed by atoms with Gasteiger partial charge in [0.25, 0.3) is 0 Å². The van der Waals surface area contributed by atoms with Gasteiger partial charge in [0, 0.05) is 6.54 Å². The van der Waals surface area contributed by atoms with Crippen molar-refractivity contribution in [2.45, 2.75) is 44.7 Å². The lowest BCUT2D eigenvalue weighted by atomic mass is 9.77. The van der Waals surface area contributed by atoms with Crippen LogP contribution >= 0.6 is 0 Å². The lowest BCUT2D eigenvalue weighted by molar-refractivity contribution is 0.229. The molecular weight excluding hydrogens is 164 g/mol. The molecule has 0 amide bonds. The maximum Gasteiger partial charge on any atom is 0.152 e. The van der Waals surface area contributed by atoms with Gasteiger partial charge < -0.3 is 10.3 Å². The van der Waals surface area contributed by atoms with Crippen LogP contribution in [-0.2, 0) is 12.1 Å². The number of rotatable bonds is 3. The van der Waals surface area contributed by atoms with Crippen LogP contribution in [-0.4, -0.2) is 14.8 Å². The molecule has 1 aromatic heterocycles. The molecule has 4 nitrogen and oxygen atoms in total. The second-order valence-electron chi connectivity index (χ2n) is 3.86. The molecule has 1 fully saturated rings. The minimum absolute atomic E-state index is 0.175. The van der Waals surface area contributed by atoms with Crippen LogP contribution in [0.4, 0.5) is 0 Å². The molecule has 13 heavy (non-hydrogen) atoms. The zero-order valence-electron chi connectivity index (χ0n) is 8.03. The van der Waals surface area contributed by atoms with Crippen LogP contribution in [0, 0.1) is 0 Å². The first-order chi connectivity index (χ1) is 6.26. The van der Waals surface area contributed by atoms with E-state index in [9.17, 15) is 0 Å². The molecule has 0 radical (unpaired) electrons. The van der Waals surface area contributed by atoms with E-state index in [-0.39, 0.29) is 5.54 Å². The average molecular weight is 180 g/mol. The van der Waals surface area contributed by atoms with Crippen molar-refractivity contribution in [3.8, 4) is 0 Å². The molecule has 1 saturated carbocycles. The Kier molecular flexibility index (Phi) is 2.07. The molecule has 1 heterocycles. The second kappa shape index (κ2) is 3.10. The Balaban J connectivity index is 2.23. The number of nitrogens with two attached hydrogens (primary N) is 1. The van der Waals surface area contributed by atoms with Gasteiger partial charge in [-0.3, -0.25) is 0 Å². The van der Waals surface area contributed by atoms with Gasteiger partial charge in [-0.2, -0.15) is 0 Å². The molecule has 0 aromatic carbocycles. The summed E-state index contributed by atoms with van der Waals surface area (Å²) in [6, 6.07) is 0. The van der Waals surface area contributed by atoms with E-state index in [1.807, 2.05) is 0 Å². The highest BCUT2D eigenvalue weighted by Gasteiger charge is 2.38. The molecule has 0 atom stereocenters. The summed E-state index contributed by atoms with van der Waals surface area (Å²) in [5.74, 6) is 0.973. The van der Waals surface area contributed by atoms with Crippen molar-refractivity contribution < 1.29 is 0 Å². The molecule has 1 aromatic rings. The van der Waals surface area contributed by atoms with E-state index in [4.69, 9.17) is 5.73 Å². The number of aryl methyl sites for hydroxylation is 1. The highest BCUT2D eigenvalue weighted by atomic mass is 15.3. The Morgan fingerprint density at radius 1 is 1.62 bits per heavy atom. The molecule has 2 N–H and O–H groups in total. The van der Waals surface area contributed by atoms with Crippen molar-refractivity contribution >= 4 is 0 Å². The Labute approximate surface area is 78.1 Å². The van der Waals surface area contributed by atoms with Crippen LogP contribution in [0.3, 0.4) is 0 Å². The van der Waals surface area contributed by atoms with Crippen molar-refractivity contribution in [3.63, 3.8) is 0 Å². The first-order valence-electron chi connectivity index (χ1n) is 4.93. The predicted octanol–water partition coefficient (Wildman–Crippen LogP) is 1.03. The molecule has 0 bridgehead atoms. The molecule has 0 aliphatic heterocycles. The van der Waals surface area contributed by atoms with E-state index >= 15 is 0 Å². The highest BCUT2D eigenvalue weighted by molar-refractivity contribution is 5.09. The summed E-state index contributed by atoms with van der Waals surface area (Å²) in [4.78, 5) is 0.